The van der Waals surface area contributed by atoms with Crippen molar-refractivity contribution in [3.63, 3.8) is 0 Å². The Morgan fingerprint density at radius 1 is 0.586 bits per heavy atom. The number of halogens is 2. The van der Waals surface area contributed by atoms with Crippen LogP contribution in [0.2, 0.25) is 0 Å². The second-order valence-electron chi connectivity index (χ2n) is 18.2. The highest BCUT2D eigenvalue weighted by Crippen LogP contribution is 2.54. The average Bonchev–Trinajstić information content (AvgIpc) is 4.20. The number of aromatic nitrogens is 2. The van der Waals surface area contributed by atoms with E-state index in [1.54, 1.807) is 59.2 Å². The lowest BCUT2D eigenvalue weighted by Crippen LogP contribution is -2.40. The molecular formula is C53H55F2N7O4S4. The van der Waals surface area contributed by atoms with Crippen LogP contribution >= 0.6 is 47.0 Å². The summed E-state index contributed by atoms with van der Waals surface area (Å²) in [4.78, 5) is 49.4. The molecule has 0 bridgehead atoms. The van der Waals surface area contributed by atoms with E-state index in [0.29, 0.717) is 26.4 Å². The van der Waals surface area contributed by atoms with Crippen molar-refractivity contribution in [1.82, 2.24) is 14.9 Å². The van der Waals surface area contributed by atoms with E-state index in [-0.39, 0.29) is 36.6 Å². The van der Waals surface area contributed by atoms with E-state index in [9.17, 15) is 18.4 Å². The molecule has 6 aromatic rings. The van der Waals surface area contributed by atoms with Crippen LogP contribution in [0.3, 0.4) is 0 Å². The van der Waals surface area contributed by atoms with Crippen molar-refractivity contribution in [2.75, 3.05) is 112 Å². The minimum Gasteiger partial charge on any atom is -0.378 e. The number of H-pyrrole nitrogens is 2. The van der Waals surface area contributed by atoms with Crippen LogP contribution < -0.4 is 31.1 Å². The van der Waals surface area contributed by atoms with Gasteiger partial charge in [0.15, 0.2) is 0 Å². The second-order valence-corrected chi connectivity index (χ2v) is 22.5. The summed E-state index contributed by atoms with van der Waals surface area (Å²) in [5.74, 6) is 0. The maximum absolute atomic E-state index is 13.9. The summed E-state index contributed by atoms with van der Waals surface area (Å²) in [6, 6.07) is 32.5. The third-order valence-corrected chi connectivity index (χ3v) is 18.6. The van der Waals surface area contributed by atoms with Crippen molar-refractivity contribution in [3.05, 3.63) is 118 Å². The molecule has 4 aromatic carbocycles. The highest BCUT2D eigenvalue weighted by molar-refractivity contribution is 8.05. The molecule has 2 aromatic heterocycles. The van der Waals surface area contributed by atoms with E-state index in [2.05, 4.69) is 108 Å². The molecule has 8 heterocycles. The molecule has 11 nitrogen and oxygen atoms in total. The number of pyridine rings is 2. The normalized spacial score (nSPS) is 18.9. The van der Waals surface area contributed by atoms with Crippen molar-refractivity contribution < 1.29 is 18.3 Å². The number of nitrogens with one attached hydrogen (secondary N) is 3. The Morgan fingerprint density at radius 2 is 1.14 bits per heavy atom. The molecule has 0 aliphatic carbocycles. The average molecular weight is 1020 g/mol. The fourth-order valence-corrected chi connectivity index (χ4v) is 14.5. The summed E-state index contributed by atoms with van der Waals surface area (Å²) in [7, 11) is 0. The molecule has 6 aliphatic rings. The first kappa shape index (κ1) is 47.4. The van der Waals surface area contributed by atoms with E-state index < -0.39 is 0 Å². The summed E-state index contributed by atoms with van der Waals surface area (Å²) >= 11 is 6.92. The molecule has 4 saturated heterocycles. The molecule has 4 fully saturated rings. The molecule has 0 amide bonds. The monoisotopic (exact) mass is 1020 g/mol. The molecule has 2 atom stereocenters. The molecule has 0 saturated carbocycles. The molecule has 17 heteroatoms. The van der Waals surface area contributed by atoms with Gasteiger partial charge in [0.25, 0.3) is 0 Å². The summed E-state index contributed by atoms with van der Waals surface area (Å²) in [5.41, 5.74) is 7.43. The van der Waals surface area contributed by atoms with Crippen LogP contribution in [0.1, 0.15) is 19.3 Å². The van der Waals surface area contributed by atoms with Gasteiger partial charge < -0.3 is 44.4 Å². The number of fused-ring (bicyclic) bond motifs is 4. The lowest BCUT2D eigenvalue weighted by Gasteiger charge is -2.30. The fourth-order valence-electron chi connectivity index (χ4n) is 9.69. The highest BCUT2D eigenvalue weighted by atomic mass is 32.2. The van der Waals surface area contributed by atoms with Gasteiger partial charge in [-0.15, -0.1) is 0 Å². The van der Waals surface area contributed by atoms with Gasteiger partial charge in [-0.1, -0.05) is 77.7 Å². The summed E-state index contributed by atoms with van der Waals surface area (Å²) in [6.45, 7) is 8.82. The standard InChI is InChI=1S/C29H33FN4O2S2.C24H22FN3O2S2/c30-18-21(19-33-9-2-1-3-10-33)31-20-7-8-25-27(15-20)37-26-6-4-5-23(29(26)38-25)24-16-22(17-28(35)32-24)34-11-13-36-14-12-34;25-13-17-14-28(17)15-4-5-20-22(11-15)31-21-3-1-2-18(24(21)32-20)19-10-16(12-23(29)26-19)27-6-8-30-9-7-27/h4-8,15-17,21,31H,1-3,9-14,18-19H2,(H,32,35);1-5,10-12,17H,6-9,13-14H2,(H,26,29). The van der Waals surface area contributed by atoms with Gasteiger partial charge in [0.05, 0.1) is 49.9 Å². The molecule has 0 radical (unpaired) electrons. The number of hydrogen-bond donors (Lipinski definition) is 3. The lowest BCUT2D eigenvalue weighted by molar-refractivity contribution is 0.122. The maximum atomic E-state index is 13.9. The summed E-state index contributed by atoms with van der Waals surface area (Å²) < 4.78 is 37.8. The number of hydrogen-bond acceptors (Lipinski definition) is 13. The van der Waals surface area contributed by atoms with Gasteiger partial charge in [0.1, 0.15) is 13.3 Å². The molecule has 0 spiro atoms. The number of aromatic amines is 2. The van der Waals surface area contributed by atoms with Gasteiger partial charge in [-0.05, 0) is 86.6 Å². The molecule has 12 rings (SSSR count). The van der Waals surface area contributed by atoms with E-state index in [1.807, 2.05) is 12.1 Å². The Labute approximate surface area is 423 Å². The molecule has 6 aliphatic heterocycles. The predicted molar refractivity (Wildman–Crippen MR) is 281 cm³/mol. The Bertz CT molecular complexity index is 2980. The number of piperidine rings is 1. The van der Waals surface area contributed by atoms with Gasteiger partial charge in [-0.3, -0.25) is 9.59 Å². The van der Waals surface area contributed by atoms with Crippen LogP contribution in [-0.2, 0) is 9.47 Å². The van der Waals surface area contributed by atoms with E-state index in [1.165, 1.54) is 38.8 Å². The fraction of sp³-hybridized carbons (Fsp3) is 0.358. The van der Waals surface area contributed by atoms with Crippen LogP contribution in [0.15, 0.2) is 146 Å². The number of anilines is 4. The Hall–Kier alpha value is -4.88. The Balaban J connectivity index is 0.000000154. The zero-order valence-electron chi connectivity index (χ0n) is 38.7. The zero-order chi connectivity index (χ0) is 47.6. The summed E-state index contributed by atoms with van der Waals surface area (Å²) in [6.07, 6.45) is 3.69. The first-order valence-electron chi connectivity index (χ1n) is 24.1. The lowest BCUT2D eigenvalue weighted by atomic mass is 10.1. The van der Waals surface area contributed by atoms with Gasteiger partial charge in [-0.2, -0.15) is 0 Å². The Kier molecular flexibility index (Phi) is 14.5. The van der Waals surface area contributed by atoms with Gasteiger partial charge in [0.2, 0.25) is 11.1 Å². The van der Waals surface area contributed by atoms with Crippen molar-refractivity contribution in [1.29, 1.82) is 0 Å². The first-order chi connectivity index (χ1) is 34.3. The van der Waals surface area contributed by atoms with Crippen molar-refractivity contribution in [2.24, 2.45) is 0 Å². The number of benzene rings is 4. The van der Waals surface area contributed by atoms with Crippen molar-refractivity contribution in [2.45, 2.75) is 70.5 Å². The van der Waals surface area contributed by atoms with Crippen LogP contribution in [0, 0.1) is 0 Å². The largest absolute Gasteiger partial charge is 0.378 e. The summed E-state index contributed by atoms with van der Waals surface area (Å²) in [5, 5.41) is 3.44. The van der Waals surface area contributed by atoms with E-state index in [4.69, 9.17) is 9.47 Å². The minimum absolute atomic E-state index is 0.0312. The molecule has 364 valence electrons. The molecule has 70 heavy (non-hydrogen) atoms. The smallest absolute Gasteiger partial charge is 0.250 e. The highest BCUT2D eigenvalue weighted by Gasteiger charge is 2.35. The third kappa shape index (κ3) is 10.7. The minimum atomic E-state index is -0.386. The van der Waals surface area contributed by atoms with Crippen molar-refractivity contribution in [3.8, 4) is 22.5 Å². The van der Waals surface area contributed by atoms with Gasteiger partial charge >= 0.3 is 0 Å². The van der Waals surface area contributed by atoms with Crippen LogP contribution in [0.25, 0.3) is 22.5 Å². The third-order valence-electron chi connectivity index (χ3n) is 13.4. The number of ether oxygens (including phenoxy) is 2. The SMILES string of the molecule is O=c1cc(N2CCOCC2)cc(-c2cccc3c2Sc2ccc(N4CC4CF)cc2S3)[nH]1.O=c1cc(N2CCOCC2)cc(-c2cccc3c2Sc2ccc(NC(CF)CN4CCCCC4)cc2S3)[nH]1. The number of nitrogens with zero attached hydrogens (tertiary/aromatic N) is 4. The topological polar surface area (TPSA) is 109 Å². The molecular weight excluding hydrogens is 965 g/mol. The number of alkyl halides is 2. The predicted octanol–water partition coefficient (Wildman–Crippen LogP) is 10.4. The number of morpholine rings is 2. The second kappa shape index (κ2) is 21.5. The van der Waals surface area contributed by atoms with Crippen molar-refractivity contribution >= 4 is 69.8 Å². The van der Waals surface area contributed by atoms with Crippen LogP contribution in [0.5, 0.6) is 0 Å². The maximum Gasteiger partial charge on any atom is 0.250 e. The first-order valence-corrected chi connectivity index (χ1v) is 27.4. The van der Waals surface area contributed by atoms with E-state index in [0.717, 1.165) is 117 Å². The number of likely N-dealkylation sites (tertiary alicyclic amines) is 1. The molecule has 3 N–H and O–H groups in total. The van der Waals surface area contributed by atoms with Gasteiger partial charge in [0, 0.05) is 124 Å². The zero-order valence-corrected chi connectivity index (χ0v) is 42.0. The van der Waals surface area contributed by atoms with Crippen LogP contribution in [0.4, 0.5) is 31.5 Å². The number of rotatable bonds is 11. The quantitative estimate of drug-likeness (QED) is 0.107. The van der Waals surface area contributed by atoms with Crippen LogP contribution in [-0.4, -0.2) is 119 Å². The van der Waals surface area contributed by atoms with Gasteiger partial charge in [-0.25, -0.2) is 8.78 Å². The molecule has 2 unspecified atom stereocenters. The Morgan fingerprint density at radius 3 is 1.69 bits per heavy atom. The van der Waals surface area contributed by atoms with E-state index >= 15 is 0 Å².